The Kier molecular flexibility index (Phi) is 5.08. The molecule has 0 amide bonds. The van der Waals surface area contributed by atoms with Crippen LogP contribution >= 0.6 is 11.6 Å². The van der Waals surface area contributed by atoms with E-state index in [4.69, 9.17) is 16.3 Å². The minimum absolute atomic E-state index is 0.274. The number of hydrazone groups is 1. The number of nitrogens with zero attached hydrogens (tertiary/aromatic N) is 2. The molecule has 120 valence electrons. The van der Waals surface area contributed by atoms with E-state index in [1.54, 1.807) is 6.08 Å². The number of fused-ring (bicyclic) bond motifs is 1. The van der Waals surface area contributed by atoms with Crippen molar-refractivity contribution in [1.29, 1.82) is 0 Å². The van der Waals surface area contributed by atoms with Crippen LogP contribution in [0.1, 0.15) is 5.56 Å². The molecule has 2 aromatic carbocycles. The largest absolute Gasteiger partial charge is 0.473 e. The van der Waals surface area contributed by atoms with Crippen molar-refractivity contribution < 1.29 is 4.74 Å². The number of anilines is 1. The van der Waals surface area contributed by atoms with Gasteiger partial charge in [-0.25, -0.2) is 4.98 Å². The van der Waals surface area contributed by atoms with Gasteiger partial charge >= 0.3 is 0 Å². The molecule has 1 heterocycles. The molecule has 1 N–H and O–H groups in total. The van der Waals surface area contributed by atoms with Crippen LogP contribution in [0.25, 0.3) is 10.9 Å². The highest BCUT2D eigenvalue weighted by Gasteiger charge is 2.12. The molecule has 3 aromatic rings. The van der Waals surface area contributed by atoms with Crippen molar-refractivity contribution in [3.8, 4) is 5.88 Å². The lowest BCUT2D eigenvalue weighted by atomic mass is 10.1. The second-order valence-corrected chi connectivity index (χ2v) is 5.37. The normalized spacial score (nSPS) is 11.3. The lowest BCUT2D eigenvalue weighted by Crippen LogP contribution is -2.05. The summed E-state index contributed by atoms with van der Waals surface area (Å²) in [5.74, 6) is 0.428. The zero-order valence-corrected chi connectivity index (χ0v) is 13.7. The maximum atomic E-state index is 6.38. The number of hydrogen-bond donors (Lipinski definition) is 1. The summed E-state index contributed by atoms with van der Waals surface area (Å²) in [5.41, 5.74) is 5.23. The highest BCUT2D eigenvalue weighted by Crippen LogP contribution is 2.24. The molecule has 5 heteroatoms. The van der Waals surface area contributed by atoms with Crippen LogP contribution in [-0.2, 0) is 0 Å². The van der Waals surface area contributed by atoms with Crippen LogP contribution in [0.2, 0.25) is 0 Å². The topological polar surface area (TPSA) is 46.5 Å². The van der Waals surface area contributed by atoms with Gasteiger partial charge in [0, 0.05) is 5.39 Å². The van der Waals surface area contributed by atoms with E-state index in [0.717, 1.165) is 16.6 Å². The van der Waals surface area contributed by atoms with Crippen molar-refractivity contribution >= 4 is 33.4 Å². The maximum absolute atomic E-state index is 6.38. The Morgan fingerprint density at radius 1 is 1.17 bits per heavy atom. The fourth-order valence-electron chi connectivity index (χ4n) is 2.18. The molecule has 0 bridgehead atoms. The minimum atomic E-state index is 0.274. The van der Waals surface area contributed by atoms with Crippen molar-refractivity contribution in [2.75, 3.05) is 12.0 Å². The Labute approximate surface area is 145 Å². The third-order valence-corrected chi connectivity index (χ3v) is 3.59. The molecule has 1 aromatic heterocycles. The van der Waals surface area contributed by atoms with Crippen LogP contribution in [0.3, 0.4) is 0 Å². The van der Waals surface area contributed by atoms with Gasteiger partial charge in [-0.1, -0.05) is 60.7 Å². The fourth-order valence-corrected chi connectivity index (χ4v) is 2.36. The highest BCUT2D eigenvalue weighted by molar-refractivity contribution is 6.70. The van der Waals surface area contributed by atoms with Crippen LogP contribution in [0.15, 0.2) is 78.4 Å². The third-order valence-electron chi connectivity index (χ3n) is 3.31. The average Bonchev–Trinajstić information content (AvgIpc) is 2.64. The number of halogens is 1. The van der Waals surface area contributed by atoms with Gasteiger partial charge in [0.1, 0.15) is 6.61 Å². The summed E-state index contributed by atoms with van der Waals surface area (Å²) < 4.78 is 5.65. The first-order valence-corrected chi connectivity index (χ1v) is 7.84. The predicted octanol–water partition coefficient (Wildman–Crippen LogP) is 4.81. The summed E-state index contributed by atoms with van der Waals surface area (Å²) in [5, 5.41) is 5.47. The first-order valence-electron chi connectivity index (χ1n) is 7.46. The number of pyridine rings is 1. The maximum Gasteiger partial charge on any atom is 0.224 e. The van der Waals surface area contributed by atoms with Crippen molar-refractivity contribution in [3.63, 3.8) is 0 Å². The summed E-state index contributed by atoms with van der Waals surface area (Å²) in [6.07, 6.45) is 1.66. The first-order chi connectivity index (χ1) is 11.8. The number of nitrogens with one attached hydrogen (secondary N) is 1. The fraction of sp³-hybridized carbons (Fsp3) is 0.0526. The van der Waals surface area contributed by atoms with Gasteiger partial charge in [0.2, 0.25) is 5.88 Å². The van der Waals surface area contributed by atoms with Crippen molar-refractivity contribution in [2.45, 2.75) is 0 Å². The van der Waals surface area contributed by atoms with E-state index in [2.05, 4.69) is 22.1 Å². The molecule has 24 heavy (non-hydrogen) atoms. The van der Waals surface area contributed by atoms with Gasteiger partial charge in [0.15, 0.2) is 5.17 Å². The number of aromatic nitrogens is 1. The molecule has 0 fully saturated rings. The average molecular weight is 338 g/mol. The van der Waals surface area contributed by atoms with Gasteiger partial charge in [-0.15, -0.1) is 0 Å². The van der Waals surface area contributed by atoms with E-state index in [1.807, 2.05) is 60.7 Å². The Morgan fingerprint density at radius 2 is 1.92 bits per heavy atom. The predicted molar refractivity (Wildman–Crippen MR) is 99.9 cm³/mol. The molecular formula is C19H16ClN3O. The molecule has 0 saturated heterocycles. The van der Waals surface area contributed by atoms with Gasteiger partial charge < -0.3 is 4.74 Å². The van der Waals surface area contributed by atoms with Gasteiger partial charge in [0.05, 0.1) is 16.8 Å². The van der Waals surface area contributed by atoms with E-state index < -0.39 is 0 Å². The van der Waals surface area contributed by atoms with Gasteiger partial charge in [-0.2, -0.15) is 5.10 Å². The number of hydrogen-bond acceptors (Lipinski definition) is 4. The van der Waals surface area contributed by atoms with Gasteiger partial charge in [-0.3, -0.25) is 5.43 Å². The first kappa shape index (κ1) is 16.0. The number of ether oxygens (including phenoxy) is 1. The summed E-state index contributed by atoms with van der Waals surface area (Å²) in [7, 11) is 0. The van der Waals surface area contributed by atoms with Crippen LogP contribution in [0.4, 0.5) is 5.69 Å². The smallest absolute Gasteiger partial charge is 0.224 e. The van der Waals surface area contributed by atoms with Gasteiger partial charge in [0.25, 0.3) is 0 Å². The van der Waals surface area contributed by atoms with Crippen LogP contribution in [0, 0.1) is 0 Å². The van der Waals surface area contributed by atoms with E-state index in [1.165, 1.54) is 0 Å². The molecule has 0 saturated carbocycles. The molecule has 3 rings (SSSR count). The summed E-state index contributed by atoms with van der Waals surface area (Å²) in [6, 6.07) is 19.3. The third kappa shape index (κ3) is 3.73. The molecule has 0 radical (unpaired) electrons. The zero-order chi connectivity index (χ0) is 16.8. The second-order valence-electron chi connectivity index (χ2n) is 5.01. The van der Waals surface area contributed by atoms with Crippen molar-refractivity contribution in [1.82, 2.24) is 4.98 Å². The quantitative estimate of drug-likeness (QED) is 0.399. The SMILES string of the molecule is C=CCOc1nc2ccccc2cc1/C(Cl)=N/Nc1ccccc1. The summed E-state index contributed by atoms with van der Waals surface area (Å²) >= 11 is 6.38. The zero-order valence-electron chi connectivity index (χ0n) is 12.9. The van der Waals surface area contributed by atoms with Crippen LogP contribution in [0.5, 0.6) is 5.88 Å². The lowest BCUT2D eigenvalue weighted by molar-refractivity contribution is 0.349. The molecule has 0 aliphatic rings. The summed E-state index contributed by atoms with van der Waals surface area (Å²) in [6.45, 7) is 4.00. The number of para-hydroxylation sites is 2. The summed E-state index contributed by atoms with van der Waals surface area (Å²) in [4.78, 5) is 4.53. The molecule has 0 aliphatic heterocycles. The second kappa shape index (κ2) is 7.62. The van der Waals surface area contributed by atoms with Crippen LogP contribution < -0.4 is 10.2 Å². The Bertz CT molecular complexity index is 878. The molecule has 4 nitrogen and oxygen atoms in total. The molecule has 0 unspecified atom stereocenters. The Balaban J connectivity index is 1.97. The van der Waals surface area contributed by atoms with E-state index >= 15 is 0 Å². The van der Waals surface area contributed by atoms with E-state index in [9.17, 15) is 0 Å². The standard InChI is InChI=1S/C19H16ClN3O/c1-2-12-24-19-16(13-14-8-6-7-11-17(14)21-19)18(20)23-22-15-9-4-3-5-10-15/h2-11,13,22H,1,12H2/b23-18-. The van der Waals surface area contributed by atoms with E-state index in [0.29, 0.717) is 18.1 Å². The van der Waals surface area contributed by atoms with Gasteiger partial charge in [-0.05, 0) is 24.3 Å². The number of rotatable bonds is 6. The van der Waals surface area contributed by atoms with Crippen molar-refractivity contribution in [2.24, 2.45) is 5.10 Å². The van der Waals surface area contributed by atoms with Crippen molar-refractivity contribution in [3.05, 3.63) is 78.9 Å². The Hall–Kier alpha value is -2.85. The lowest BCUT2D eigenvalue weighted by Gasteiger charge is -2.10. The highest BCUT2D eigenvalue weighted by atomic mass is 35.5. The Morgan fingerprint density at radius 3 is 2.71 bits per heavy atom. The van der Waals surface area contributed by atoms with E-state index in [-0.39, 0.29) is 5.17 Å². The monoisotopic (exact) mass is 337 g/mol. The number of benzene rings is 2. The molecule has 0 spiro atoms. The minimum Gasteiger partial charge on any atom is -0.473 e. The molecule has 0 atom stereocenters. The van der Waals surface area contributed by atoms with Crippen LogP contribution in [-0.4, -0.2) is 16.8 Å². The molecular weight excluding hydrogens is 322 g/mol. The molecule has 0 aliphatic carbocycles.